The van der Waals surface area contributed by atoms with Gasteiger partial charge in [0.2, 0.25) is 0 Å². The van der Waals surface area contributed by atoms with Crippen LogP contribution >= 0.6 is 11.8 Å². The third-order valence-corrected chi connectivity index (χ3v) is 8.15. The summed E-state index contributed by atoms with van der Waals surface area (Å²) >= 11 is 1.24. The number of H-pyrrole nitrogens is 1. The number of alkyl carbamates (subject to hydrolysis) is 1. The van der Waals surface area contributed by atoms with Crippen LogP contribution in [0, 0.1) is 11.3 Å². The molecule has 1 amide bonds. The Hall–Kier alpha value is -4.94. The summed E-state index contributed by atoms with van der Waals surface area (Å²) in [6, 6.07) is 9.42. The number of fused-ring (bicyclic) bond motifs is 1. The molecule has 3 heterocycles. The van der Waals surface area contributed by atoms with Crippen molar-refractivity contribution in [3.8, 4) is 17.6 Å². The van der Waals surface area contributed by atoms with Gasteiger partial charge in [0.05, 0.1) is 38.5 Å². The van der Waals surface area contributed by atoms with Crippen LogP contribution in [0.3, 0.4) is 0 Å². The fraction of sp³-hybridized carbons (Fsp3) is 0.387. The zero-order valence-electron chi connectivity index (χ0n) is 25.9. The van der Waals surface area contributed by atoms with Crippen molar-refractivity contribution in [2.75, 3.05) is 26.3 Å². The Labute approximate surface area is 269 Å². The number of nitriles is 1. The molecule has 3 unspecified atom stereocenters. The van der Waals surface area contributed by atoms with Gasteiger partial charge in [-0.25, -0.2) is 14.3 Å². The summed E-state index contributed by atoms with van der Waals surface area (Å²) in [5, 5.41) is 21.5. The monoisotopic (exact) mass is 650 g/mol. The maximum absolute atomic E-state index is 13.3. The molecule has 5 rings (SSSR count). The van der Waals surface area contributed by atoms with Gasteiger partial charge < -0.3 is 34.3 Å². The van der Waals surface area contributed by atoms with Crippen molar-refractivity contribution < 1.29 is 33.3 Å². The summed E-state index contributed by atoms with van der Waals surface area (Å²) in [5.41, 5.74) is 1.64. The molecular weight excluding hydrogens is 616 g/mol. The minimum absolute atomic E-state index is 0.0331. The third kappa shape index (κ3) is 7.13. The molecule has 3 N–H and O–H groups in total. The highest BCUT2D eigenvalue weighted by Gasteiger charge is 2.35. The molecule has 46 heavy (non-hydrogen) atoms. The van der Waals surface area contributed by atoms with Crippen LogP contribution in [-0.2, 0) is 32.2 Å². The largest absolute Gasteiger partial charge is 0.493 e. The fourth-order valence-corrected chi connectivity index (χ4v) is 6.02. The zero-order valence-corrected chi connectivity index (χ0v) is 26.7. The van der Waals surface area contributed by atoms with E-state index in [2.05, 4.69) is 26.8 Å². The van der Waals surface area contributed by atoms with Gasteiger partial charge in [-0.05, 0) is 67.6 Å². The molecule has 2 aromatic carbocycles. The van der Waals surface area contributed by atoms with E-state index in [-0.39, 0.29) is 25.8 Å². The smallest absolute Gasteiger partial charge is 0.407 e. The molecule has 2 aliphatic rings. The van der Waals surface area contributed by atoms with Crippen LogP contribution in [-0.4, -0.2) is 58.7 Å². The number of anilines is 1. The summed E-state index contributed by atoms with van der Waals surface area (Å²) in [4.78, 5) is 40.9. The second-order valence-electron chi connectivity index (χ2n) is 11.4. The highest BCUT2D eigenvalue weighted by molar-refractivity contribution is 8.03. The number of carbonyl (C=O) groups excluding carboxylic acids is 2. The van der Waals surface area contributed by atoms with Crippen molar-refractivity contribution >= 4 is 29.5 Å². The number of methoxy groups -OCH3 is 2. The molecule has 3 aromatic rings. The lowest BCUT2D eigenvalue weighted by Crippen LogP contribution is -2.32. The number of thioether (sulfide) groups is 1. The number of carbonyl (C=O) groups is 2. The van der Waals surface area contributed by atoms with Gasteiger partial charge in [-0.3, -0.25) is 9.78 Å². The van der Waals surface area contributed by atoms with Gasteiger partial charge in [-0.2, -0.15) is 10.4 Å². The first-order valence-electron chi connectivity index (χ1n) is 14.3. The first-order valence-corrected chi connectivity index (χ1v) is 15.2. The molecule has 0 aliphatic carbocycles. The first kappa shape index (κ1) is 32.5. The molecule has 0 spiro atoms. The summed E-state index contributed by atoms with van der Waals surface area (Å²) in [6.07, 6.45) is 1.10. The number of amides is 1. The first-order chi connectivity index (χ1) is 22.0. The maximum Gasteiger partial charge on any atom is 0.407 e. The van der Waals surface area contributed by atoms with Crippen molar-refractivity contribution in [2.24, 2.45) is 0 Å². The standard InChI is InChI=1S/C31H34N6O8S/c1-31(2,3)45-30(40)33-14-19-11-21(7-6-17(19)13-32)34-24(18-10-20-15-43-16-44-25(20)23(12-18)41-4)27-35-29(39)37(36-27)22-8-9-46-26(22)28(38)42-5/h6-12,22,24,26,34H,14-16H2,1-5H3,(H,33,40)(H,35,36,39). The number of nitrogens with zero attached hydrogens (tertiary/aromatic N) is 3. The third-order valence-electron chi connectivity index (χ3n) is 7.07. The number of benzene rings is 2. The van der Waals surface area contributed by atoms with E-state index in [0.29, 0.717) is 33.9 Å². The molecule has 1 aromatic heterocycles. The molecule has 0 saturated carbocycles. The number of nitrogens with one attached hydrogen (secondary N) is 3. The lowest BCUT2D eigenvalue weighted by molar-refractivity contribution is -0.140. The summed E-state index contributed by atoms with van der Waals surface area (Å²) < 4.78 is 28.3. The lowest BCUT2D eigenvalue weighted by Gasteiger charge is -2.24. The molecule has 242 valence electrons. The minimum Gasteiger partial charge on any atom is -0.493 e. The van der Waals surface area contributed by atoms with E-state index in [1.54, 1.807) is 56.5 Å². The van der Waals surface area contributed by atoms with E-state index in [1.807, 2.05) is 6.07 Å². The molecule has 2 aliphatic heterocycles. The second-order valence-corrected chi connectivity index (χ2v) is 12.4. The number of aromatic amines is 1. The van der Waals surface area contributed by atoms with Crippen LogP contribution < -0.4 is 25.8 Å². The molecule has 0 radical (unpaired) electrons. The van der Waals surface area contributed by atoms with Crippen LogP contribution in [0.25, 0.3) is 0 Å². The number of aromatic nitrogens is 3. The van der Waals surface area contributed by atoms with E-state index in [1.165, 1.54) is 30.7 Å². The average Bonchev–Trinajstić information content (AvgIpc) is 3.67. The van der Waals surface area contributed by atoms with Gasteiger partial charge in [-0.15, -0.1) is 11.8 Å². The van der Waals surface area contributed by atoms with Crippen LogP contribution in [0.4, 0.5) is 10.5 Å². The quantitative estimate of drug-likeness (QED) is 0.285. The maximum atomic E-state index is 13.3. The molecule has 3 atom stereocenters. The Balaban J connectivity index is 1.54. The van der Waals surface area contributed by atoms with E-state index in [4.69, 9.17) is 23.7 Å². The van der Waals surface area contributed by atoms with Crippen molar-refractivity contribution in [2.45, 2.75) is 56.9 Å². The van der Waals surface area contributed by atoms with Gasteiger partial charge >= 0.3 is 17.8 Å². The number of hydrogen-bond donors (Lipinski definition) is 3. The fourth-order valence-electron chi connectivity index (χ4n) is 5.02. The van der Waals surface area contributed by atoms with E-state index in [9.17, 15) is 19.6 Å². The van der Waals surface area contributed by atoms with Crippen LogP contribution in [0.5, 0.6) is 11.5 Å². The molecular formula is C31H34N6O8S. The topological polar surface area (TPSA) is 179 Å². The van der Waals surface area contributed by atoms with Crippen LogP contribution in [0.2, 0.25) is 0 Å². The Morgan fingerprint density at radius 2 is 2.07 bits per heavy atom. The minimum atomic E-state index is -0.760. The van der Waals surface area contributed by atoms with E-state index >= 15 is 0 Å². The van der Waals surface area contributed by atoms with E-state index in [0.717, 1.165) is 5.56 Å². The van der Waals surface area contributed by atoms with Crippen molar-refractivity contribution in [3.63, 3.8) is 0 Å². The van der Waals surface area contributed by atoms with Gasteiger partial charge in [-0.1, -0.05) is 6.08 Å². The van der Waals surface area contributed by atoms with Gasteiger partial charge in [0, 0.05) is 17.8 Å². The van der Waals surface area contributed by atoms with E-state index < -0.39 is 40.7 Å². The number of ether oxygens (including phenoxy) is 5. The van der Waals surface area contributed by atoms with Gasteiger partial charge in [0.15, 0.2) is 24.1 Å². The predicted molar refractivity (Wildman–Crippen MR) is 167 cm³/mol. The molecule has 0 bridgehead atoms. The zero-order chi connectivity index (χ0) is 33.0. The van der Waals surface area contributed by atoms with Gasteiger partial charge in [0.25, 0.3) is 0 Å². The predicted octanol–water partition coefficient (Wildman–Crippen LogP) is 3.89. The second kappa shape index (κ2) is 13.6. The summed E-state index contributed by atoms with van der Waals surface area (Å²) in [5.74, 6) is 0.789. The highest BCUT2D eigenvalue weighted by atomic mass is 32.2. The lowest BCUT2D eigenvalue weighted by atomic mass is 10.0. The average molecular weight is 651 g/mol. The SMILES string of the molecule is COC(=O)C1SC=CC1n1nc(C(Nc2ccc(C#N)c(CNC(=O)OC(C)(C)C)c2)c2cc3c(c(OC)c2)OCOC3)[nH]c1=O. The normalized spacial score (nSPS) is 17.7. The Kier molecular flexibility index (Phi) is 9.59. The summed E-state index contributed by atoms with van der Waals surface area (Å²) in [7, 11) is 2.82. The highest BCUT2D eigenvalue weighted by Crippen LogP contribution is 2.39. The van der Waals surface area contributed by atoms with Crippen molar-refractivity contribution in [1.82, 2.24) is 20.1 Å². The van der Waals surface area contributed by atoms with Crippen LogP contribution in [0.1, 0.15) is 60.9 Å². The number of hydrogen-bond acceptors (Lipinski definition) is 12. The Morgan fingerprint density at radius 3 is 2.78 bits per heavy atom. The number of allylic oxidation sites excluding steroid dienone is 1. The number of rotatable bonds is 9. The Morgan fingerprint density at radius 1 is 1.26 bits per heavy atom. The van der Waals surface area contributed by atoms with Crippen molar-refractivity contribution in [3.05, 3.63) is 80.4 Å². The molecule has 0 fully saturated rings. The molecule has 15 heteroatoms. The van der Waals surface area contributed by atoms with Gasteiger partial charge in [0.1, 0.15) is 16.9 Å². The summed E-state index contributed by atoms with van der Waals surface area (Å²) in [6.45, 7) is 5.67. The Bertz CT molecular complexity index is 1740. The van der Waals surface area contributed by atoms with Crippen molar-refractivity contribution in [1.29, 1.82) is 5.26 Å². The van der Waals surface area contributed by atoms with Crippen LogP contribution in [0.15, 0.2) is 46.6 Å². The molecule has 0 saturated heterocycles. The molecule has 14 nitrogen and oxygen atoms in total. The number of esters is 1.